The molecule has 1 saturated heterocycles. The van der Waals surface area contributed by atoms with Crippen LogP contribution in [0.5, 0.6) is 11.5 Å². The number of aliphatic imine (C=N–C) groups is 1. The SMILES string of the molecule is COc1ccc(C2=N/C(=C(/CCCCc3cn(CCCCCCCC(=O)N4[C@@H]5[C@H](CO)[C@@H](O)[C@H](O)[C@H](O)[C@@H]54)nn3)c3ccc(-c4ccc(OC)cc4)n3B(F)F)C=C2)cc1. The second kappa shape index (κ2) is 19.5. The standard InChI is InChI=1S/C44H53BF2N6O7/c1-59-31-17-13-28(14-18-31)35-21-22-36(48-35)33(38-24-23-37(53(38)45(46)47)29-15-19-32(60-2)20-16-29)11-8-7-10-30-26-51(50-49-30)25-9-5-3-4-6-12-39(55)52-40-34(27-54)42(56)44(58)43(57)41(40)52/h13-24,26,34,40-44,54,56-58H,3-12,25,27H2,1-2H3/b36-33-/t34-,40+,41+,42+,43+,44-,52?/m0/s1. The summed E-state index contributed by atoms with van der Waals surface area (Å²) in [6.45, 7) is 0.353. The summed E-state index contributed by atoms with van der Waals surface area (Å²) in [6.07, 6.45) is 9.27. The van der Waals surface area contributed by atoms with Gasteiger partial charge in [0.15, 0.2) is 0 Å². The van der Waals surface area contributed by atoms with Crippen LogP contribution < -0.4 is 9.47 Å². The molecule has 7 rings (SSSR count). The number of unbranched alkanes of at least 4 members (excludes halogenated alkanes) is 5. The van der Waals surface area contributed by atoms with Gasteiger partial charge in [0, 0.05) is 47.6 Å². The monoisotopic (exact) mass is 826 g/mol. The fraction of sp³-hybridized carbons (Fsp3) is 0.455. The number of hydrogen-bond acceptors (Lipinski definition) is 10. The summed E-state index contributed by atoms with van der Waals surface area (Å²) in [7, 11) is 0.398. The number of aliphatic hydroxyl groups excluding tert-OH is 4. The van der Waals surface area contributed by atoms with Gasteiger partial charge in [-0.05, 0) is 117 Å². The maximum atomic E-state index is 14.9. The van der Waals surface area contributed by atoms with E-state index in [1.54, 1.807) is 50.6 Å². The number of aliphatic hydroxyl groups is 4. The first-order chi connectivity index (χ1) is 29.1. The van der Waals surface area contributed by atoms with Gasteiger partial charge >= 0.3 is 7.40 Å². The van der Waals surface area contributed by atoms with Crippen molar-refractivity contribution >= 4 is 24.6 Å². The Labute approximate surface area is 348 Å². The molecule has 0 spiro atoms. The Hall–Kier alpha value is -5.16. The zero-order valence-corrected chi connectivity index (χ0v) is 34.0. The van der Waals surface area contributed by atoms with Gasteiger partial charge in [0.05, 0.1) is 56.1 Å². The van der Waals surface area contributed by atoms with E-state index < -0.39 is 43.7 Å². The molecule has 16 heteroatoms. The number of methoxy groups -OCH3 is 2. The fourth-order valence-electron chi connectivity index (χ4n) is 8.62. The molecule has 2 aliphatic heterocycles. The summed E-state index contributed by atoms with van der Waals surface area (Å²) in [5.74, 6) is 0.589. The number of rotatable bonds is 20. The molecule has 4 aromatic rings. The van der Waals surface area contributed by atoms with Crippen LogP contribution in [0.25, 0.3) is 16.8 Å². The van der Waals surface area contributed by atoms with Crippen molar-refractivity contribution in [2.24, 2.45) is 10.9 Å². The lowest BCUT2D eigenvalue weighted by atomic mass is 9.83. The second-order valence-electron chi connectivity index (χ2n) is 15.7. The Kier molecular flexibility index (Phi) is 13.9. The summed E-state index contributed by atoms with van der Waals surface area (Å²) in [5, 5.41) is 48.9. The van der Waals surface area contributed by atoms with Gasteiger partial charge in [0.1, 0.15) is 23.7 Å². The van der Waals surface area contributed by atoms with Crippen molar-refractivity contribution in [2.45, 2.75) is 101 Å². The summed E-state index contributed by atoms with van der Waals surface area (Å²) >= 11 is 0. The van der Waals surface area contributed by atoms with Gasteiger partial charge in [-0.3, -0.25) is 18.1 Å². The molecule has 0 radical (unpaired) electrons. The highest BCUT2D eigenvalue weighted by Gasteiger charge is 2.65. The van der Waals surface area contributed by atoms with Gasteiger partial charge in [0.2, 0.25) is 5.91 Å². The number of hydrogen-bond donors (Lipinski definition) is 4. The first-order valence-electron chi connectivity index (χ1n) is 20.8. The van der Waals surface area contributed by atoms with Crippen molar-refractivity contribution in [3.63, 3.8) is 0 Å². The van der Waals surface area contributed by atoms with Crippen LogP contribution in [0, 0.1) is 5.92 Å². The quantitative estimate of drug-likeness (QED) is 0.0523. The molecule has 4 N–H and O–H groups in total. The summed E-state index contributed by atoms with van der Waals surface area (Å²) in [5.41, 5.74) is 5.37. The van der Waals surface area contributed by atoms with Crippen LogP contribution in [-0.4, -0.2) is 115 Å². The number of amides is 1. The van der Waals surface area contributed by atoms with Crippen molar-refractivity contribution in [3.8, 4) is 22.8 Å². The summed E-state index contributed by atoms with van der Waals surface area (Å²) < 4.78 is 43.4. The summed E-state index contributed by atoms with van der Waals surface area (Å²) in [6, 6.07) is 17.2. The van der Waals surface area contributed by atoms with E-state index in [0.717, 1.165) is 64.9 Å². The van der Waals surface area contributed by atoms with Gasteiger partial charge in [-0.25, -0.2) is 4.99 Å². The average molecular weight is 827 g/mol. The normalized spacial score (nSPS) is 22.7. The van der Waals surface area contributed by atoms with Crippen LogP contribution >= 0.6 is 0 Å². The number of benzene rings is 2. The van der Waals surface area contributed by atoms with E-state index in [1.165, 1.54) is 4.90 Å². The van der Waals surface area contributed by atoms with Gasteiger partial charge in [0.25, 0.3) is 0 Å². The zero-order valence-electron chi connectivity index (χ0n) is 34.0. The van der Waals surface area contributed by atoms with E-state index in [4.69, 9.17) is 14.5 Å². The molecule has 1 saturated carbocycles. The molecular weight excluding hydrogens is 773 g/mol. The lowest BCUT2D eigenvalue weighted by Gasteiger charge is -2.31. The van der Waals surface area contributed by atoms with Crippen molar-refractivity contribution in [1.82, 2.24) is 24.4 Å². The number of carbonyl (C=O) groups excluding carboxylic acids is 1. The Morgan fingerprint density at radius 2 is 1.43 bits per heavy atom. The third-order valence-electron chi connectivity index (χ3n) is 11.9. The van der Waals surface area contributed by atoms with Crippen molar-refractivity contribution < 1.29 is 43.3 Å². The predicted octanol–water partition coefficient (Wildman–Crippen LogP) is 5.34. The van der Waals surface area contributed by atoms with Gasteiger partial charge in [-0.1, -0.05) is 24.5 Å². The third kappa shape index (κ3) is 9.41. The number of carbonyl (C=O) groups is 1. The molecule has 0 bridgehead atoms. The van der Waals surface area contributed by atoms with Crippen LogP contribution in [0.1, 0.15) is 74.7 Å². The molecule has 60 heavy (non-hydrogen) atoms. The van der Waals surface area contributed by atoms with Gasteiger partial charge in [-0.2, -0.15) is 0 Å². The Bertz CT molecular complexity index is 2170. The number of ether oxygens (including phenoxy) is 2. The average Bonchev–Trinajstić information content (AvgIpc) is 3.62. The minimum Gasteiger partial charge on any atom is -0.497 e. The molecule has 1 amide bonds. The smallest absolute Gasteiger partial charge is 0.497 e. The number of aryl methyl sites for hydroxylation is 2. The molecule has 2 aromatic heterocycles. The number of fused-ring (bicyclic) bond motifs is 1. The highest BCUT2D eigenvalue weighted by atomic mass is 19.2. The predicted molar refractivity (Wildman–Crippen MR) is 224 cm³/mol. The number of aromatic nitrogens is 4. The number of nitrogens with zero attached hydrogens (tertiary/aromatic N) is 6. The Morgan fingerprint density at radius 1 is 0.767 bits per heavy atom. The zero-order chi connectivity index (χ0) is 42.3. The van der Waals surface area contributed by atoms with Crippen LogP contribution in [0.15, 0.2) is 89.7 Å². The van der Waals surface area contributed by atoms with Gasteiger partial charge < -0.3 is 39.3 Å². The first kappa shape index (κ1) is 43.0. The molecule has 0 unspecified atom stereocenters. The molecule has 4 heterocycles. The van der Waals surface area contributed by atoms with E-state index in [9.17, 15) is 33.9 Å². The molecule has 1 aliphatic carbocycles. The van der Waals surface area contributed by atoms with E-state index in [-0.39, 0.29) is 12.5 Å². The van der Waals surface area contributed by atoms with E-state index in [2.05, 4.69) is 10.3 Å². The van der Waals surface area contributed by atoms with E-state index >= 15 is 0 Å². The van der Waals surface area contributed by atoms with Crippen LogP contribution in [0.2, 0.25) is 0 Å². The Balaban J connectivity index is 0.911. The molecule has 3 aliphatic rings. The molecule has 318 valence electrons. The van der Waals surface area contributed by atoms with Crippen LogP contribution in [0.4, 0.5) is 8.63 Å². The lowest BCUT2D eigenvalue weighted by Crippen LogP contribution is -2.52. The van der Waals surface area contributed by atoms with E-state index in [0.29, 0.717) is 67.0 Å². The minimum atomic E-state index is -2.78. The number of likely N-dealkylation sites (tertiary alicyclic amines) is 1. The maximum absolute atomic E-state index is 14.9. The van der Waals surface area contributed by atoms with Crippen molar-refractivity contribution in [2.75, 3.05) is 20.8 Å². The molecular formula is C44H53BF2N6O7. The summed E-state index contributed by atoms with van der Waals surface area (Å²) in [4.78, 5) is 19.2. The Morgan fingerprint density at radius 3 is 2.12 bits per heavy atom. The fourth-order valence-corrected chi connectivity index (χ4v) is 8.62. The largest absolute Gasteiger partial charge is 0.678 e. The topological polar surface area (TPSA) is 167 Å². The molecule has 2 fully saturated rings. The highest BCUT2D eigenvalue weighted by molar-refractivity contribution is 6.42. The third-order valence-corrected chi connectivity index (χ3v) is 11.9. The van der Waals surface area contributed by atoms with Crippen molar-refractivity contribution in [3.05, 3.63) is 102 Å². The lowest BCUT2D eigenvalue weighted by molar-refractivity contribution is -0.127. The number of halogens is 2. The maximum Gasteiger partial charge on any atom is 0.678 e. The van der Waals surface area contributed by atoms with Crippen LogP contribution in [0.3, 0.4) is 0 Å². The highest BCUT2D eigenvalue weighted by Crippen LogP contribution is 2.45. The van der Waals surface area contributed by atoms with Crippen molar-refractivity contribution in [1.29, 1.82) is 0 Å². The minimum absolute atomic E-state index is 0.129. The van der Waals surface area contributed by atoms with Crippen LogP contribution in [-0.2, 0) is 17.8 Å². The first-order valence-corrected chi connectivity index (χ1v) is 20.8. The number of allylic oxidation sites excluding steroid dienone is 3. The molecule has 2 aromatic carbocycles. The van der Waals surface area contributed by atoms with E-state index in [1.807, 2.05) is 47.3 Å². The second-order valence-corrected chi connectivity index (χ2v) is 15.7. The molecule has 6 atom stereocenters. The van der Waals surface area contributed by atoms with Gasteiger partial charge in [-0.15, -0.1) is 5.10 Å². The molecule has 13 nitrogen and oxygen atoms in total.